The molecule has 18 heavy (non-hydrogen) atoms. The fourth-order valence-corrected chi connectivity index (χ4v) is 3.39. The van der Waals surface area contributed by atoms with Gasteiger partial charge in [0.05, 0.1) is 7.11 Å². The highest BCUT2D eigenvalue weighted by Gasteiger charge is 2.41. The number of hydrogen-bond acceptors (Lipinski definition) is 2. The van der Waals surface area contributed by atoms with Gasteiger partial charge in [-0.25, -0.2) is 0 Å². The monoisotopic (exact) mass is 247 g/mol. The van der Waals surface area contributed by atoms with Crippen molar-refractivity contribution in [2.24, 2.45) is 0 Å². The van der Waals surface area contributed by atoms with Crippen LogP contribution in [0.4, 0.5) is 0 Å². The maximum absolute atomic E-state index is 5.38. The summed E-state index contributed by atoms with van der Waals surface area (Å²) in [4.78, 5) is 2.48. The van der Waals surface area contributed by atoms with Gasteiger partial charge in [0.15, 0.2) is 0 Å². The molecule has 100 valence electrons. The minimum absolute atomic E-state index is 0.317. The van der Waals surface area contributed by atoms with Crippen molar-refractivity contribution in [2.45, 2.75) is 44.6 Å². The summed E-state index contributed by atoms with van der Waals surface area (Å²) in [7, 11) is 3.98. The maximum Gasteiger partial charge on any atom is 0.119 e. The Morgan fingerprint density at radius 1 is 1.44 bits per heavy atom. The number of hydrogen-bond donors (Lipinski definition) is 0. The number of benzene rings is 1. The molecule has 2 heteroatoms. The predicted molar refractivity (Wildman–Crippen MR) is 76.3 cm³/mol. The maximum atomic E-state index is 5.38. The average molecular weight is 247 g/mol. The fourth-order valence-electron chi connectivity index (χ4n) is 3.39. The van der Waals surface area contributed by atoms with Gasteiger partial charge in [-0.15, -0.1) is 0 Å². The first-order valence-corrected chi connectivity index (χ1v) is 6.96. The normalized spacial score (nSPS) is 28.6. The molecule has 1 saturated heterocycles. The van der Waals surface area contributed by atoms with E-state index in [1.54, 1.807) is 7.11 Å². The van der Waals surface area contributed by atoms with Gasteiger partial charge in [0.1, 0.15) is 5.75 Å². The van der Waals surface area contributed by atoms with Gasteiger partial charge >= 0.3 is 0 Å². The largest absolute Gasteiger partial charge is 0.497 e. The first-order valence-electron chi connectivity index (χ1n) is 6.96. The molecule has 2 atom stereocenters. The van der Waals surface area contributed by atoms with Gasteiger partial charge in [-0.05, 0) is 44.5 Å². The van der Waals surface area contributed by atoms with Crippen LogP contribution in [0.2, 0.25) is 0 Å². The van der Waals surface area contributed by atoms with Gasteiger partial charge in [-0.1, -0.05) is 25.5 Å². The van der Waals surface area contributed by atoms with Gasteiger partial charge in [-0.3, -0.25) is 0 Å². The standard InChI is InChI=1S/C16H25NO/c1-5-9-16(11-13(2)17(3)12-16)14-7-6-8-15(10-14)18-4/h6-8,10,13H,5,9,11-12H2,1-4H3/t13-,16+/m0/s1. The lowest BCUT2D eigenvalue weighted by Crippen LogP contribution is -2.29. The third-order valence-corrected chi connectivity index (χ3v) is 4.40. The molecule has 0 saturated carbocycles. The van der Waals surface area contributed by atoms with Crippen molar-refractivity contribution in [3.63, 3.8) is 0 Å². The van der Waals surface area contributed by atoms with Crippen LogP contribution in [0.5, 0.6) is 5.75 Å². The SMILES string of the molecule is CCC[C@@]1(c2cccc(OC)c2)C[C@H](C)N(C)C1. The Balaban J connectivity index is 2.35. The Kier molecular flexibility index (Phi) is 3.96. The molecule has 0 bridgehead atoms. The molecule has 0 N–H and O–H groups in total. The van der Waals surface area contributed by atoms with Gasteiger partial charge < -0.3 is 9.64 Å². The van der Waals surface area contributed by atoms with Crippen LogP contribution < -0.4 is 4.74 Å². The van der Waals surface area contributed by atoms with Crippen LogP contribution in [-0.2, 0) is 5.41 Å². The Bertz CT molecular complexity index is 392. The molecule has 0 unspecified atom stereocenters. The first-order chi connectivity index (χ1) is 8.61. The third-order valence-electron chi connectivity index (χ3n) is 4.40. The van der Waals surface area contributed by atoms with Crippen molar-refractivity contribution >= 4 is 0 Å². The van der Waals surface area contributed by atoms with E-state index in [-0.39, 0.29) is 0 Å². The summed E-state index contributed by atoms with van der Waals surface area (Å²) in [5.41, 5.74) is 1.76. The molecular weight excluding hydrogens is 222 g/mol. The molecule has 1 aromatic carbocycles. The number of rotatable bonds is 4. The number of methoxy groups -OCH3 is 1. The summed E-state index contributed by atoms with van der Waals surface area (Å²) in [5.74, 6) is 0.977. The summed E-state index contributed by atoms with van der Waals surface area (Å²) < 4.78 is 5.38. The summed E-state index contributed by atoms with van der Waals surface area (Å²) in [6.45, 7) is 5.78. The molecule has 0 aliphatic carbocycles. The van der Waals surface area contributed by atoms with Crippen LogP contribution in [0.25, 0.3) is 0 Å². The van der Waals surface area contributed by atoms with Crippen molar-refractivity contribution in [1.29, 1.82) is 0 Å². The van der Waals surface area contributed by atoms with E-state index in [2.05, 4.69) is 44.0 Å². The molecule has 1 aromatic rings. The molecular formula is C16H25NO. The quantitative estimate of drug-likeness (QED) is 0.808. The highest BCUT2D eigenvalue weighted by molar-refractivity contribution is 5.35. The lowest BCUT2D eigenvalue weighted by Gasteiger charge is -2.29. The van der Waals surface area contributed by atoms with E-state index in [1.165, 1.54) is 24.8 Å². The van der Waals surface area contributed by atoms with Crippen LogP contribution in [0.3, 0.4) is 0 Å². The Morgan fingerprint density at radius 2 is 2.22 bits per heavy atom. The fraction of sp³-hybridized carbons (Fsp3) is 0.625. The van der Waals surface area contributed by atoms with Crippen molar-refractivity contribution in [1.82, 2.24) is 4.90 Å². The van der Waals surface area contributed by atoms with Crippen LogP contribution in [0.1, 0.15) is 38.7 Å². The molecule has 0 spiro atoms. The molecule has 2 nitrogen and oxygen atoms in total. The van der Waals surface area contributed by atoms with Crippen LogP contribution in [0.15, 0.2) is 24.3 Å². The summed E-state index contributed by atoms with van der Waals surface area (Å²) in [6, 6.07) is 9.31. The lowest BCUT2D eigenvalue weighted by molar-refractivity contribution is 0.313. The van der Waals surface area contributed by atoms with E-state index in [9.17, 15) is 0 Å². The Morgan fingerprint density at radius 3 is 2.78 bits per heavy atom. The number of likely N-dealkylation sites (N-methyl/N-ethyl adjacent to an activating group) is 1. The van der Waals surface area contributed by atoms with Crippen molar-refractivity contribution in [2.75, 3.05) is 20.7 Å². The second kappa shape index (κ2) is 5.31. The second-order valence-corrected chi connectivity index (χ2v) is 5.73. The zero-order valence-electron chi connectivity index (χ0n) is 12.1. The average Bonchev–Trinajstić information content (AvgIpc) is 2.66. The van der Waals surface area contributed by atoms with Crippen molar-refractivity contribution < 1.29 is 4.74 Å². The zero-order chi connectivity index (χ0) is 13.2. The highest BCUT2D eigenvalue weighted by atomic mass is 16.5. The molecule has 1 aliphatic heterocycles. The molecule has 0 aromatic heterocycles. The van der Waals surface area contributed by atoms with E-state index >= 15 is 0 Å². The van der Waals surface area contributed by atoms with Crippen LogP contribution >= 0.6 is 0 Å². The first kappa shape index (κ1) is 13.4. The third kappa shape index (κ3) is 2.39. The molecule has 1 heterocycles. The minimum Gasteiger partial charge on any atom is -0.497 e. The molecule has 1 fully saturated rings. The molecule has 0 amide bonds. The zero-order valence-corrected chi connectivity index (χ0v) is 12.1. The Hall–Kier alpha value is -1.02. The summed E-state index contributed by atoms with van der Waals surface area (Å²) in [5, 5.41) is 0. The number of nitrogens with zero attached hydrogens (tertiary/aromatic N) is 1. The van der Waals surface area contributed by atoms with Crippen LogP contribution in [-0.4, -0.2) is 31.6 Å². The highest BCUT2D eigenvalue weighted by Crippen LogP contribution is 2.41. The minimum atomic E-state index is 0.317. The van der Waals surface area contributed by atoms with E-state index in [4.69, 9.17) is 4.74 Å². The van der Waals surface area contributed by atoms with Gasteiger partial charge in [0.25, 0.3) is 0 Å². The molecule has 1 aliphatic rings. The van der Waals surface area contributed by atoms with Gasteiger partial charge in [0, 0.05) is 18.0 Å². The number of ether oxygens (including phenoxy) is 1. The molecule has 0 radical (unpaired) electrons. The van der Waals surface area contributed by atoms with Gasteiger partial charge in [0.2, 0.25) is 0 Å². The Labute approximate surface area is 111 Å². The molecule has 2 rings (SSSR count). The second-order valence-electron chi connectivity index (χ2n) is 5.73. The van der Waals surface area contributed by atoms with E-state index in [1.807, 2.05) is 6.07 Å². The smallest absolute Gasteiger partial charge is 0.119 e. The van der Waals surface area contributed by atoms with Crippen LogP contribution in [0, 0.1) is 0 Å². The summed E-state index contributed by atoms with van der Waals surface area (Å²) >= 11 is 0. The topological polar surface area (TPSA) is 12.5 Å². The van der Waals surface area contributed by atoms with E-state index in [0.717, 1.165) is 12.3 Å². The van der Waals surface area contributed by atoms with E-state index < -0.39 is 0 Å². The van der Waals surface area contributed by atoms with E-state index in [0.29, 0.717) is 11.5 Å². The number of likely N-dealkylation sites (tertiary alicyclic amines) is 1. The lowest BCUT2D eigenvalue weighted by atomic mass is 9.75. The summed E-state index contributed by atoms with van der Waals surface area (Å²) in [6.07, 6.45) is 3.75. The van der Waals surface area contributed by atoms with Gasteiger partial charge in [-0.2, -0.15) is 0 Å². The van der Waals surface area contributed by atoms with Crippen molar-refractivity contribution in [3.05, 3.63) is 29.8 Å². The van der Waals surface area contributed by atoms with Crippen molar-refractivity contribution in [3.8, 4) is 5.75 Å². The predicted octanol–water partition coefficient (Wildman–Crippen LogP) is 3.46.